The van der Waals surface area contributed by atoms with E-state index in [1.807, 2.05) is 13.0 Å². The molecular weight excluding hydrogens is 422 g/mol. The molecule has 168 valence electrons. The Kier molecular flexibility index (Phi) is 5.79. The van der Waals surface area contributed by atoms with Gasteiger partial charge in [-0.1, -0.05) is 0 Å². The van der Waals surface area contributed by atoms with E-state index in [9.17, 15) is 14.7 Å². The first-order valence-corrected chi connectivity index (χ1v) is 10.1. The Bertz CT molecular complexity index is 1190. The van der Waals surface area contributed by atoms with Crippen molar-refractivity contribution in [3.63, 3.8) is 0 Å². The number of nitrogens with one attached hydrogen (secondary N) is 1. The lowest BCUT2D eigenvalue weighted by molar-refractivity contribution is -0.0286. The van der Waals surface area contributed by atoms with Crippen molar-refractivity contribution in [1.82, 2.24) is 19.8 Å². The molecule has 3 aromatic rings. The highest BCUT2D eigenvalue weighted by Gasteiger charge is 2.27. The molecule has 0 saturated carbocycles. The molecule has 1 fully saturated rings. The molecule has 1 aliphatic heterocycles. The SMILES string of the molecule is CNC(=O)c1cc(F)c(-c2cc3cc(C)cnc3n2CC2CN(C(=O)O)CCO2)c(F)c1. The van der Waals surface area contributed by atoms with Gasteiger partial charge in [0, 0.05) is 30.7 Å². The number of hydrogen-bond donors (Lipinski definition) is 2. The summed E-state index contributed by atoms with van der Waals surface area (Å²) < 4.78 is 37.5. The van der Waals surface area contributed by atoms with Crippen molar-refractivity contribution in [2.24, 2.45) is 0 Å². The first-order valence-electron chi connectivity index (χ1n) is 10.1. The van der Waals surface area contributed by atoms with Gasteiger partial charge in [0.15, 0.2) is 0 Å². The summed E-state index contributed by atoms with van der Waals surface area (Å²) in [6, 6.07) is 5.46. The van der Waals surface area contributed by atoms with Crippen LogP contribution in [0.3, 0.4) is 0 Å². The van der Waals surface area contributed by atoms with Crippen molar-refractivity contribution in [2.75, 3.05) is 26.7 Å². The number of halogens is 2. The number of nitrogens with zero attached hydrogens (tertiary/aromatic N) is 3. The average molecular weight is 444 g/mol. The second-order valence-corrected chi connectivity index (χ2v) is 7.68. The quantitative estimate of drug-likeness (QED) is 0.645. The number of fused-ring (bicyclic) bond motifs is 1. The molecule has 0 aliphatic carbocycles. The number of morpholine rings is 1. The Morgan fingerprint density at radius 2 is 1.97 bits per heavy atom. The van der Waals surface area contributed by atoms with Crippen LogP contribution in [-0.4, -0.2) is 64.4 Å². The third-order valence-electron chi connectivity index (χ3n) is 5.45. The number of aryl methyl sites for hydroxylation is 1. The summed E-state index contributed by atoms with van der Waals surface area (Å²) in [6.45, 7) is 2.61. The van der Waals surface area contributed by atoms with Crippen LogP contribution in [0.15, 0.2) is 30.5 Å². The van der Waals surface area contributed by atoms with Gasteiger partial charge in [-0.05, 0) is 36.8 Å². The Balaban J connectivity index is 1.82. The lowest BCUT2D eigenvalue weighted by Crippen LogP contribution is -2.46. The molecule has 32 heavy (non-hydrogen) atoms. The minimum Gasteiger partial charge on any atom is -0.465 e. The molecule has 1 aromatic carbocycles. The summed E-state index contributed by atoms with van der Waals surface area (Å²) in [6.07, 6.45) is 0.0787. The van der Waals surface area contributed by atoms with Gasteiger partial charge in [0.05, 0.1) is 37.1 Å². The number of carbonyl (C=O) groups is 2. The number of aromatic nitrogens is 2. The normalized spacial score (nSPS) is 16.4. The summed E-state index contributed by atoms with van der Waals surface area (Å²) >= 11 is 0. The van der Waals surface area contributed by atoms with E-state index in [0.29, 0.717) is 11.0 Å². The highest BCUT2D eigenvalue weighted by atomic mass is 19.1. The van der Waals surface area contributed by atoms with Gasteiger partial charge in [0.1, 0.15) is 17.3 Å². The maximum atomic E-state index is 15.1. The number of ether oxygens (including phenoxy) is 1. The smallest absolute Gasteiger partial charge is 0.407 e. The molecule has 0 radical (unpaired) electrons. The number of carboxylic acid groups (broad SMARTS) is 1. The van der Waals surface area contributed by atoms with Crippen LogP contribution in [0.2, 0.25) is 0 Å². The molecule has 0 spiro atoms. The maximum absolute atomic E-state index is 15.1. The zero-order valence-corrected chi connectivity index (χ0v) is 17.6. The molecule has 2 aromatic heterocycles. The Morgan fingerprint density at radius 3 is 2.62 bits per heavy atom. The minimum atomic E-state index is -1.05. The zero-order valence-electron chi connectivity index (χ0n) is 17.6. The van der Waals surface area contributed by atoms with Gasteiger partial charge >= 0.3 is 6.09 Å². The summed E-state index contributed by atoms with van der Waals surface area (Å²) in [4.78, 5) is 28.9. The number of amides is 2. The summed E-state index contributed by atoms with van der Waals surface area (Å²) in [5, 5.41) is 12.3. The number of carbonyl (C=O) groups excluding carboxylic acids is 1. The standard InChI is InChI=1S/C22H22F2N4O4/c1-12-5-13-8-18(19-16(23)6-14(7-17(19)24)21(29)25-2)28(20(13)26-9-12)11-15-10-27(22(30)31)3-4-32-15/h5-9,15H,3-4,10-11H2,1-2H3,(H,25,29)(H,30,31). The molecule has 8 nitrogen and oxygen atoms in total. The van der Waals surface area contributed by atoms with E-state index >= 15 is 8.78 Å². The Hall–Kier alpha value is -3.53. The van der Waals surface area contributed by atoms with Crippen LogP contribution < -0.4 is 5.32 Å². The highest BCUT2D eigenvalue weighted by molar-refractivity contribution is 5.95. The van der Waals surface area contributed by atoms with E-state index in [2.05, 4.69) is 10.3 Å². The van der Waals surface area contributed by atoms with Crippen molar-refractivity contribution in [1.29, 1.82) is 0 Å². The average Bonchev–Trinajstić information content (AvgIpc) is 3.09. The summed E-state index contributed by atoms with van der Waals surface area (Å²) in [7, 11) is 1.38. The molecule has 10 heteroatoms. The lowest BCUT2D eigenvalue weighted by atomic mass is 10.1. The second-order valence-electron chi connectivity index (χ2n) is 7.68. The van der Waals surface area contributed by atoms with Gasteiger partial charge in [0.25, 0.3) is 5.91 Å². The van der Waals surface area contributed by atoms with Crippen LogP contribution in [0.5, 0.6) is 0 Å². The molecule has 1 saturated heterocycles. The van der Waals surface area contributed by atoms with E-state index in [1.165, 1.54) is 11.9 Å². The number of benzene rings is 1. The van der Waals surface area contributed by atoms with Crippen LogP contribution in [0, 0.1) is 18.6 Å². The fourth-order valence-electron chi connectivity index (χ4n) is 3.95. The predicted octanol–water partition coefficient (Wildman–Crippen LogP) is 3.03. The fourth-order valence-corrected chi connectivity index (χ4v) is 3.95. The summed E-state index contributed by atoms with van der Waals surface area (Å²) in [5.41, 5.74) is 1.18. The molecule has 2 amide bonds. The first kappa shape index (κ1) is 21.7. The van der Waals surface area contributed by atoms with Gasteiger partial charge in [-0.2, -0.15) is 0 Å². The van der Waals surface area contributed by atoms with Gasteiger partial charge < -0.3 is 24.6 Å². The number of pyridine rings is 1. The highest BCUT2D eigenvalue weighted by Crippen LogP contribution is 2.33. The Labute approximate surface area is 182 Å². The van der Waals surface area contributed by atoms with Crippen molar-refractivity contribution in [2.45, 2.75) is 19.6 Å². The molecule has 3 heterocycles. The summed E-state index contributed by atoms with van der Waals surface area (Å²) in [5.74, 6) is -2.38. The van der Waals surface area contributed by atoms with E-state index in [-0.39, 0.29) is 43.1 Å². The lowest BCUT2D eigenvalue weighted by Gasteiger charge is -2.31. The number of hydrogen-bond acceptors (Lipinski definition) is 4. The monoisotopic (exact) mass is 444 g/mol. The van der Waals surface area contributed by atoms with Crippen molar-refractivity contribution >= 4 is 23.0 Å². The molecule has 4 rings (SSSR count). The molecule has 0 bridgehead atoms. The topological polar surface area (TPSA) is 96.7 Å². The van der Waals surface area contributed by atoms with E-state index < -0.39 is 29.7 Å². The van der Waals surface area contributed by atoms with Gasteiger partial charge in [-0.3, -0.25) is 4.79 Å². The van der Waals surface area contributed by atoms with Crippen LogP contribution in [0.25, 0.3) is 22.3 Å². The minimum absolute atomic E-state index is 0.126. The maximum Gasteiger partial charge on any atom is 0.407 e. The van der Waals surface area contributed by atoms with Crippen LogP contribution in [0.1, 0.15) is 15.9 Å². The van der Waals surface area contributed by atoms with Gasteiger partial charge in [-0.15, -0.1) is 0 Å². The molecule has 1 atom stereocenters. The van der Waals surface area contributed by atoms with Gasteiger partial charge in [-0.25, -0.2) is 18.6 Å². The first-order chi connectivity index (χ1) is 15.3. The third kappa shape index (κ3) is 4.01. The predicted molar refractivity (Wildman–Crippen MR) is 113 cm³/mol. The molecule has 1 aliphatic rings. The molecular formula is C22H22F2N4O4. The fraction of sp³-hybridized carbons (Fsp3) is 0.318. The third-order valence-corrected chi connectivity index (χ3v) is 5.45. The van der Waals surface area contributed by atoms with Crippen LogP contribution in [0.4, 0.5) is 13.6 Å². The second kappa shape index (κ2) is 8.54. The molecule has 2 N–H and O–H groups in total. The number of rotatable bonds is 4. The Morgan fingerprint density at radius 1 is 1.25 bits per heavy atom. The van der Waals surface area contributed by atoms with E-state index in [1.54, 1.807) is 16.8 Å². The van der Waals surface area contributed by atoms with Crippen molar-refractivity contribution in [3.8, 4) is 11.3 Å². The van der Waals surface area contributed by atoms with Gasteiger partial charge in [0.2, 0.25) is 0 Å². The van der Waals surface area contributed by atoms with Crippen molar-refractivity contribution in [3.05, 3.63) is 53.2 Å². The van der Waals surface area contributed by atoms with E-state index in [4.69, 9.17) is 4.74 Å². The molecule has 1 unspecified atom stereocenters. The van der Waals surface area contributed by atoms with Crippen molar-refractivity contribution < 1.29 is 28.2 Å². The van der Waals surface area contributed by atoms with Crippen LogP contribution in [-0.2, 0) is 11.3 Å². The largest absolute Gasteiger partial charge is 0.465 e. The van der Waals surface area contributed by atoms with Crippen LogP contribution >= 0.6 is 0 Å². The van der Waals surface area contributed by atoms with E-state index in [0.717, 1.165) is 17.7 Å². The zero-order chi connectivity index (χ0) is 23.0.